The van der Waals surface area contributed by atoms with Gasteiger partial charge in [0.25, 0.3) is 5.91 Å². The smallest absolute Gasteiger partial charge is 0.311 e. The van der Waals surface area contributed by atoms with Crippen LogP contribution in [-0.4, -0.2) is 42.9 Å². The molecule has 1 fully saturated rings. The van der Waals surface area contributed by atoms with Crippen molar-refractivity contribution in [2.24, 2.45) is 5.92 Å². The Bertz CT molecular complexity index is 1200. The van der Waals surface area contributed by atoms with Crippen LogP contribution in [0.15, 0.2) is 60.7 Å². The Kier molecular flexibility index (Phi) is 6.86. The number of nitrogens with zero attached hydrogens (tertiary/aromatic N) is 2. The van der Waals surface area contributed by atoms with Crippen molar-refractivity contribution in [1.82, 2.24) is 4.90 Å². The van der Waals surface area contributed by atoms with Gasteiger partial charge < -0.3 is 14.5 Å². The lowest BCUT2D eigenvalue weighted by atomic mass is 10.1. The number of anilines is 1. The minimum atomic E-state index is -0.624. The van der Waals surface area contributed by atoms with Gasteiger partial charge in [0.1, 0.15) is 0 Å². The minimum absolute atomic E-state index is 0.0487. The zero-order valence-corrected chi connectivity index (χ0v) is 19.5. The van der Waals surface area contributed by atoms with Crippen molar-refractivity contribution in [3.63, 3.8) is 0 Å². The van der Waals surface area contributed by atoms with E-state index in [2.05, 4.69) is 0 Å². The molecular weight excluding hydrogens is 463 g/mol. The van der Waals surface area contributed by atoms with E-state index in [1.54, 1.807) is 30.1 Å². The van der Waals surface area contributed by atoms with Gasteiger partial charge in [0, 0.05) is 42.0 Å². The van der Waals surface area contributed by atoms with E-state index in [4.69, 9.17) is 27.9 Å². The highest BCUT2D eigenvalue weighted by atomic mass is 35.5. The van der Waals surface area contributed by atoms with Crippen LogP contribution < -0.4 is 4.90 Å². The third kappa shape index (κ3) is 5.29. The van der Waals surface area contributed by atoms with Crippen molar-refractivity contribution >= 4 is 57.4 Å². The highest BCUT2D eigenvalue weighted by molar-refractivity contribution is 6.34. The monoisotopic (exact) mass is 484 g/mol. The molecule has 0 bridgehead atoms. The van der Waals surface area contributed by atoms with Crippen molar-refractivity contribution in [3.05, 3.63) is 76.3 Å². The van der Waals surface area contributed by atoms with Crippen molar-refractivity contribution in [1.29, 1.82) is 0 Å². The second-order valence-electron chi connectivity index (χ2n) is 8.04. The van der Waals surface area contributed by atoms with Crippen LogP contribution in [-0.2, 0) is 25.7 Å². The predicted molar refractivity (Wildman–Crippen MR) is 128 cm³/mol. The van der Waals surface area contributed by atoms with E-state index < -0.39 is 18.5 Å². The van der Waals surface area contributed by atoms with Gasteiger partial charge in [0.2, 0.25) is 5.91 Å². The normalized spacial score (nSPS) is 15.7. The summed E-state index contributed by atoms with van der Waals surface area (Å²) >= 11 is 12.0. The largest absolute Gasteiger partial charge is 0.455 e. The highest BCUT2D eigenvalue weighted by Crippen LogP contribution is 2.32. The lowest BCUT2D eigenvalue weighted by molar-refractivity contribution is -0.155. The molecule has 170 valence electrons. The van der Waals surface area contributed by atoms with E-state index in [-0.39, 0.29) is 31.3 Å². The van der Waals surface area contributed by atoms with Crippen LogP contribution in [0.5, 0.6) is 0 Å². The molecule has 1 aliphatic rings. The van der Waals surface area contributed by atoms with Crippen molar-refractivity contribution in [2.75, 3.05) is 25.1 Å². The Morgan fingerprint density at radius 2 is 1.76 bits per heavy atom. The Morgan fingerprint density at radius 3 is 2.52 bits per heavy atom. The van der Waals surface area contributed by atoms with Gasteiger partial charge in [-0.3, -0.25) is 14.4 Å². The first-order valence-corrected chi connectivity index (χ1v) is 11.2. The average Bonchev–Trinajstić information content (AvgIpc) is 3.17. The minimum Gasteiger partial charge on any atom is -0.455 e. The third-order valence-electron chi connectivity index (χ3n) is 5.62. The molecule has 6 nitrogen and oxygen atoms in total. The molecule has 0 N–H and O–H groups in total. The van der Waals surface area contributed by atoms with Crippen LogP contribution >= 0.6 is 23.2 Å². The standard InChI is InChI=1S/C25H22Cl2N2O4/c1-28(13-16-9-19(26)12-20(27)10-16)24(31)15-33-25(32)18-11-23(30)29(14-18)22-8-4-6-17-5-2-3-7-21(17)22/h2-10,12,18H,11,13-15H2,1H3. The highest BCUT2D eigenvalue weighted by Gasteiger charge is 2.37. The van der Waals surface area contributed by atoms with Gasteiger partial charge in [-0.05, 0) is 35.2 Å². The molecule has 0 spiro atoms. The average molecular weight is 485 g/mol. The third-order valence-corrected chi connectivity index (χ3v) is 6.06. The Labute approximate surface area is 201 Å². The Balaban J connectivity index is 1.35. The lowest BCUT2D eigenvalue weighted by Gasteiger charge is -2.19. The van der Waals surface area contributed by atoms with Gasteiger partial charge in [-0.15, -0.1) is 0 Å². The molecular formula is C25H22Cl2N2O4. The maximum absolute atomic E-state index is 12.7. The van der Waals surface area contributed by atoms with Crippen molar-refractivity contribution < 1.29 is 19.1 Å². The van der Waals surface area contributed by atoms with Crippen LogP contribution in [0.1, 0.15) is 12.0 Å². The number of likely N-dealkylation sites (N-methyl/N-ethyl adjacent to an activating group) is 1. The number of halogens is 2. The molecule has 3 aromatic rings. The van der Waals surface area contributed by atoms with Gasteiger partial charge >= 0.3 is 5.97 Å². The maximum Gasteiger partial charge on any atom is 0.311 e. The van der Waals surface area contributed by atoms with E-state index in [9.17, 15) is 14.4 Å². The molecule has 1 unspecified atom stereocenters. The molecule has 1 saturated heterocycles. The second-order valence-corrected chi connectivity index (χ2v) is 8.91. The Hall–Kier alpha value is -3.09. The number of rotatable bonds is 6. The van der Waals surface area contributed by atoms with Crippen molar-refractivity contribution in [3.8, 4) is 0 Å². The summed E-state index contributed by atoms with van der Waals surface area (Å²) in [6, 6.07) is 18.6. The van der Waals surface area contributed by atoms with Crippen LogP contribution in [0.25, 0.3) is 10.8 Å². The summed E-state index contributed by atoms with van der Waals surface area (Å²) < 4.78 is 5.25. The van der Waals surface area contributed by atoms with Gasteiger partial charge in [-0.1, -0.05) is 59.6 Å². The topological polar surface area (TPSA) is 66.9 Å². The molecule has 33 heavy (non-hydrogen) atoms. The molecule has 0 aliphatic carbocycles. The fraction of sp³-hybridized carbons (Fsp3) is 0.240. The first kappa shape index (κ1) is 23.1. The second kappa shape index (κ2) is 9.81. The molecule has 0 radical (unpaired) electrons. The SMILES string of the molecule is CN(Cc1cc(Cl)cc(Cl)c1)C(=O)COC(=O)C1CC(=O)N(c2cccc3ccccc23)C1. The molecule has 4 rings (SSSR count). The van der Waals surface area contributed by atoms with Crippen molar-refractivity contribution in [2.45, 2.75) is 13.0 Å². The molecule has 1 atom stereocenters. The molecule has 1 heterocycles. The molecule has 0 aromatic heterocycles. The van der Waals surface area contributed by atoms with Crippen LogP contribution in [0, 0.1) is 5.92 Å². The number of ether oxygens (including phenoxy) is 1. The summed E-state index contributed by atoms with van der Waals surface area (Å²) in [4.78, 5) is 40.7. The van der Waals surface area contributed by atoms with E-state index >= 15 is 0 Å². The molecule has 2 amide bonds. The number of carbonyl (C=O) groups is 3. The number of esters is 1. The predicted octanol–water partition coefficient (Wildman–Crippen LogP) is 4.70. The maximum atomic E-state index is 12.7. The molecule has 0 saturated carbocycles. The van der Waals surface area contributed by atoms with Crippen LogP contribution in [0.4, 0.5) is 5.69 Å². The van der Waals surface area contributed by atoms with E-state index in [0.29, 0.717) is 10.0 Å². The van der Waals surface area contributed by atoms with E-state index in [1.807, 2.05) is 42.5 Å². The number of carbonyl (C=O) groups excluding carboxylic acids is 3. The number of amides is 2. The zero-order chi connectivity index (χ0) is 23.5. The molecule has 1 aliphatic heterocycles. The summed E-state index contributed by atoms with van der Waals surface area (Å²) in [7, 11) is 1.60. The first-order chi connectivity index (χ1) is 15.8. The van der Waals surface area contributed by atoms with Crippen LogP contribution in [0.2, 0.25) is 10.0 Å². The number of hydrogen-bond acceptors (Lipinski definition) is 4. The van der Waals surface area contributed by atoms with E-state index in [0.717, 1.165) is 22.0 Å². The lowest BCUT2D eigenvalue weighted by Crippen LogP contribution is -2.32. The van der Waals surface area contributed by atoms with Gasteiger partial charge in [-0.2, -0.15) is 0 Å². The number of benzene rings is 3. The molecule has 3 aromatic carbocycles. The fourth-order valence-electron chi connectivity index (χ4n) is 3.97. The number of hydrogen-bond donors (Lipinski definition) is 0. The first-order valence-electron chi connectivity index (χ1n) is 10.5. The summed E-state index contributed by atoms with van der Waals surface area (Å²) in [6.45, 7) is 0.0900. The van der Waals surface area contributed by atoms with E-state index in [1.165, 1.54) is 4.90 Å². The summed E-state index contributed by atoms with van der Waals surface area (Å²) in [5, 5.41) is 2.92. The number of fused-ring (bicyclic) bond motifs is 1. The quantitative estimate of drug-likeness (QED) is 0.475. The summed E-state index contributed by atoms with van der Waals surface area (Å²) in [5.41, 5.74) is 1.53. The zero-order valence-electron chi connectivity index (χ0n) is 18.0. The van der Waals surface area contributed by atoms with Gasteiger partial charge in [-0.25, -0.2) is 0 Å². The fourth-order valence-corrected chi connectivity index (χ4v) is 4.54. The Morgan fingerprint density at radius 1 is 1.06 bits per heavy atom. The summed E-state index contributed by atoms with van der Waals surface area (Å²) in [5.74, 6) is -1.69. The van der Waals surface area contributed by atoms with Gasteiger partial charge in [0.05, 0.1) is 11.6 Å². The summed E-state index contributed by atoms with van der Waals surface area (Å²) in [6.07, 6.45) is 0.0487. The van der Waals surface area contributed by atoms with Crippen LogP contribution in [0.3, 0.4) is 0 Å². The molecule has 8 heteroatoms. The van der Waals surface area contributed by atoms with Gasteiger partial charge in [0.15, 0.2) is 6.61 Å².